The van der Waals surface area contributed by atoms with Crippen molar-refractivity contribution in [1.29, 1.82) is 5.26 Å². The van der Waals surface area contributed by atoms with E-state index in [2.05, 4.69) is 5.32 Å². The van der Waals surface area contributed by atoms with E-state index >= 15 is 0 Å². The number of amides is 1. The maximum atomic E-state index is 13.1. The van der Waals surface area contributed by atoms with Gasteiger partial charge in [-0.15, -0.1) is 0 Å². The predicted molar refractivity (Wildman–Crippen MR) is 121 cm³/mol. The summed E-state index contributed by atoms with van der Waals surface area (Å²) in [7, 11) is 0. The Hall–Kier alpha value is -4.15. The third-order valence-corrected chi connectivity index (χ3v) is 4.77. The number of rotatable bonds is 8. The van der Waals surface area contributed by atoms with E-state index in [1.54, 1.807) is 49.4 Å². The van der Waals surface area contributed by atoms with E-state index in [0.717, 1.165) is 16.7 Å². The van der Waals surface area contributed by atoms with E-state index in [1.807, 2.05) is 30.3 Å². The maximum absolute atomic E-state index is 13.1. The van der Waals surface area contributed by atoms with Gasteiger partial charge in [0.15, 0.2) is 6.10 Å². The molecule has 0 aliphatic heterocycles. The highest BCUT2D eigenvalue weighted by molar-refractivity contribution is 6.06. The summed E-state index contributed by atoms with van der Waals surface area (Å²) in [5.74, 6) is -1.04. The van der Waals surface area contributed by atoms with Crippen LogP contribution in [0.15, 0.2) is 66.7 Å². The third kappa shape index (κ3) is 5.72. The van der Waals surface area contributed by atoms with Crippen LogP contribution in [0.3, 0.4) is 0 Å². The minimum atomic E-state index is -0.991. The minimum Gasteiger partial charge on any atom is -0.481 e. The van der Waals surface area contributed by atoms with Gasteiger partial charge >= 0.3 is 5.97 Å². The van der Waals surface area contributed by atoms with Gasteiger partial charge in [0, 0.05) is 17.8 Å². The molecule has 7 heteroatoms. The Bertz CT molecular complexity index is 1180. The fourth-order valence-electron chi connectivity index (χ4n) is 3.23. The molecule has 3 rings (SSSR count). The molecule has 0 spiro atoms. The van der Waals surface area contributed by atoms with Crippen LogP contribution in [-0.4, -0.2) is 23.1 Å². The van der Waals surface area contributed by atoms with Crippen LogP contribution in [0.1, 0.15) is 28.4 Å². The van der Waals surface area contributed by atoms with E-state index in [1.165, 1.54) is 0 Å². The first kappa shape index (κ1) is 22.5. The summed E-state index contributed by atoms with van der Waals surface area (Å²) < 4.78 is 5.66. The third-order valence-electron chi connectivity index (χ3n) is 4.77. The number of hydrogen-bond donors (Lipinski definition) is 3. The van der Waals surface area contributed by atoms with Gasteiger partial charge < -0.3 is 20.9 Å². The number of nitriles is 1. The number of benzene rings is 3. The molecule has 0 bridgehead atoms. The average Bonchev–Trinajstić information content (AvgIpc) is 2.79. The highest BCUT2D eigenvalue weighted by Gasteiger charge is 2.15. The van der Waals surface area contributed by atoms with Crippen LogP contribution in [0.25, 0.3) is 11.1 Å². The van der Waals surface area contributed by atoms with Crippen LogP contribution in [0, 0.1) is 11.3 Å². The van der Waals surface area contributed by atoms with Crippen molar-refractivity contribution in [1.82, 2.24) is 0 Å². The second-order valence-corrected chi connectivity index (χ2v) is 7.22. The SMILES string of the molecule is CC(C#N)Oc1cc(C(=O)Nc2ccccc2CC(=O)O)cc(-c2cccc(CN)c2)c1. The first-order valence-corrected chi connectivity index (χ1v) is 10.0. The van der Waals surface area contributed by atoms with Gasteiger partial charge in [0.2, 0.25) is 0 Å². The van der Waals surface area contributed by atoms with Crippen molar-refractivity contribution in [3.05, 3.63) is 83.4 Å². The summed E-state index contributed by atoms with van der Waals surface area (Å²) in [6.45, 7) is 1.99. The fourth-order valence-corrected chi connectivity index (χ4v) is 3.23. The molecule has 1 atom stereocenters. The first-order chi connectivity index (χ1) is 15.4. The zero-order chi connectivity index (χ0) is 23.1. The Labute approximate surface area is 186 Å². The number of anilines is 1. The van der Waals surface area contributed by atoms with Gasteiger partial charge in [0.25, 0.3) is 5.91 Å². The van der Waals surface area contributed by atoms with Gasteiger partial charge in [-0.05, 0) is 59.5 Å². The Kier molecular flexibility index (Phi) is 7.21. The van der Waals surface area contributed by atoms with Crippen LogP contribution in [0.4, 0.5) is 5.69 Å². The summed E-state index contributed by atoms with van der Waals surface area (Å²) in [5, 5.41) is 21.0. The molecular weight excluding hydrogens is 406 g/mol. The molecule has 0 aliphatic carbocycles. The normalized spacial score (nSPS) is 11.3. The summed E-state index contributed by atoms with van der Waals surface area (Å²) in [6.07, 6.45) is -0.913. The molecular formula is C25H23N3O4. The summed E-state index contributed by atoms with van der Waals surface area (Å²) in [6, 6.07) is 21.4. The molecule has 0 aliphatic rings. The number of carboxylic acid groups (broad SMARTS) is 1. The van der Waals surface area contributed by atoms with Crippen molar-refractivity contribution >= 4 is 17.6 Å². The van der Waals surface area contributed by atoms with Crippen molar-refractivity contribution in [2.75, 3.05) is 5.32 Å². The molecule has 0 aromatic heterocycles. The summed E-state index contributed by atoms with van der Waals surface area (Å²) >= 11 is 0. The van der Waals surface area contributed by atoms with Crippen molar-refractivity contribution < 1.29 is 19.4 Å². The zero-order valence-electron chi connectivity index (χ0n) is 17.5. The lowest BCUT2D eigenvalue weighted by Gasteiger charge is -2.14. The second kappa shape index (κ2) is 10.2. The fraction of sp³-hybridized carbons (Fsp3) is 0.160. The maximum Gasteiger partial charge on any atom is 0.307 e. The van der Waals surface area contributed by atoms with Crippen molar-refractivity contribution in [3.8, 4) is 22.9 Å². The number of nitrogens with two attached hydrogens (primary N) is 1. The lowest BCUT2D eigenvalue weighted by molar-refractivity contribution is -0.136. The molecule has 1 unspecified atom stereocenters. The van der Waals surface area contributed by atoms with Gasteiger partial charge in [-0.2, -0.15) is 5.26 Å². The van der Waals surface area contributed by atoms with Gasteiger partial charge in [-0.1, -0.05) is 36.4 Å². The molecule has 1 amide bonds. The largest absolute Gasteiger partial charge is 0.481 e. The number of ether oxygens (including phenoxy) is 1. The summed E-state index contributed by atoms with van der Waals surface area (Å²) in [5.41, 5.74) is 9.50. The monoisotopic (exact) mass is 429 g/mol. The van der Waals surface area contributed by atoms with Crippen molar-refractivity contribution in [3.63, 3.8) is 0 Å². The predicted octanol–water partition coefficient (Wildman–Crippen LogP) is 3.98. The zero-order valence-corrected chi connectivity index (χ0v) is 17.5. The number of aliphatic carboxylic acids is 1. The van der Waals surface area contributed by atoms with Crippen LogP contribution in [-0.2, 0) is 17.8 Å². The van der Waals surface area contributed by atoms with Gasteiger partial charge in [0.05, 0.1) is 6.42 Å². The molecule has 0 fully saturated rings. The molecule has 3 aromatic rings. The van der Waals surface area contributed by atoms with Crippen molar-refractivity contribution in [2.45, 2.75) is 26.0 Å². The Morgan fingerprint density at radius 3 is 2.59 bits per heavy atom. The molecule has 4 N–H and O–H groups in total. The van der Waals surface area contributed by atoms with E-state index in [-0.39, 0.29) is 6.42 Å². The molecule has 0 saturated heterocycles. The smallest absolute Gasteiger partial charge is 0.307 e. The number of hydrogen-bond acceptors (Lipinski definition) is 5. The molecule has 0 radical (unpaired) electrons. The molecule has 7 nitrogen and oxygen atoms in total. The van der Waals surface area contributed by atoms with E-state index in [0.29, 0.717) is 29.1 Å². The number of carbonyl (C=O) groups is 2. The van der Waals surface area contributed by atoms with Crippen LogP contribution in [0.5, 0.6) is 5.75 Å². The number of nitrogens with zero attached hydrogens (tertiary/aromatic N) is 1. The molecule has 3 aromatic carbocycles. The quantitative estimate of drug-likeness (QED) is 0.497. The molecule has 0 heterocycles. The van der Waals surface area contributed by atoms with Gasteiger partial charge in [0.1, 0.15) is 11.8 Å². The van der Waals surface area contributed by atoms with E-state index in [9.17, 15) is 9.59 Å². The lowest BCUT2D eigenvalue weighted by atomic mass is 10.00. The van der Waals surface area contributed by atoms with Crippen LogP contribution in [0.2, 0.25) is 0 Å². The lowest BCUT2D eigenvalue weighted by Crippen LogP contribution is -2.15. The summed E-state index contributed by atoms with van der Waals surface area (Å²) in [4.78, 5) is 24.2. The van der Waals surface area contributed by atoms with Gasteiger partial charge in [-0.25, -0.2) is 0 Å². The number of carbonyl (C=O) groups excluding carboxylic acids is 1. The van der Waals surface area contributed by atoms with Crippen molar-refractivity contribution in [2.24, 2.45) is 5.73 Å². The average molecular weight is 429 g/mol. The first-order valence-electron chi connectivity index (χ1n) is 10.0. The van der Waals surface area contributed by atoms with Gasteiger partial charge in [-0.3, -0.25) is 9.59 Å². The Balaban J connectivity index is 1.99. The number of carboxylic acids is 1. The van der Waals surface area contributed by atoms with E-state index < -0.39 is 18.0 Å². The highest BCUT2D eigenvalue weighted by Crippen LogP contribution is 2.28. The number of para-hydroxylation sites is 1. The van der Waals surface area contributed by atoms with Crippen LogP contribution < -0.4 is 15.8 Å². The standard InChI is InChI=1S/C25H23N3O4/c1-16(14-26)32-22-11-20(18-7-4-5-17(9-18)15-27)10-21(12-22)25(31)28-23-8-3-2-6-19(23)13-24(29)30/h2-12,16H,13,15,27H2,1H3,(H,28,31)(H,29,30). The molecule has 32 heavy (non-hydrogen) atoms. The number of nitrogens with one attached hydrogen (secondary N) is 1. The highest BCUT2D eigenvalue weighted by atomic mass is 16.5. The Morgan fingerprint density at radius 2 is 1.88 bits per heavy atom. The minimum absolute atomic E-state index is 0.212. The molecule has 0 saturated carbocycles. The molecule has 162 valence electrons. The topological polar surface area (TPSA) is 125 Å². The van der Waals surface area contributed by atoms with Crippen LogP contribution >= 0.6 is 0 Å². The van der Waals surface area contributed by atoms with E-state index in [4.69, 9.17) is 20.8 Å². The Morgan fingerprint density at radius 1 is 1.09 bits per heavy atom. The second-order valence-electron chi connectivity index (χ2n) is 7.22.